The third-order valence-corrected chi connectivity index (χ3v) is 2.03. The van der Waals surface area contributed by atoms with Crippen LogP contribution in [-0.2, 0) is 4.79 Å². The molecule has 0 amide bonds. The molecule has 1 atom stereocenters. The van der Waals surface area contributed by atoms with Gasteiger partial charge < -0.3 is 5.11 Å². The van der Waals surface area contributed by atoms with Crippen LogP contribution in [0.15, 0.2) is 0 Å². The maximum absolute atomic E-state index is 10.1. The van der Waals surface area contributed by atoms with Gasteiger partial charge in [-0.2, -0.15) is 11.8 Å². The van der Waals surface area contributed by atoms with E-state index in [0.717, 1.165) is 0 Å². The van der Waals surface area contributed by atoms with Crippen molar-refractivity contribution in [1.29, 1.82) is 0 Å². The van der Waals surface area contributed by atoms with Crippen LogP contribution in [-0.4, -0.2) is 22.6 Å². The van der Waals surface area contributed by atoms with Crippen LogP contribution >= 0.6 is 24.2 Å². The van der Waals surface area contributed by atoms with Gasteiger partial charge in [-0.1, -0.05) is 6.92 Å². The Labute approximate surface area is 65.4 Å². The highest BCUT2D eigenvalue weighted by Gasteiger charge is 2.11. The normalized spacial score (nSPS) is 11.8. The molecule has 4 heteroatoms. The lowest BCUT2D eigenvalue weighted by atomic mass is 10.3. The molecule has 0 spiro atoms. The van der Waals surface area contributed by atoms with Crippen LogP contribution in [0.25, 0.3) is 0 Å². The Hall–Kier alpha value is 0.110. The monoisotopic (exact) mass is 170 g/mol. The number of aliphatic carboxylic acids is 1. The molecule has 0 aromatic heterocycles. The van der Waals surface area contributed by atoms with Crippen molar-refractivity contribution in [3.63, 3.8) is 0 Å². The van der Waals surface area contributed by atoms with E-state index in [0.29, 0.717) is 6.42 Å². The van der Waals surface area contributed by atoms with Gasteiger partial charge in [-0.25, -0.2) is 0 Å². The largest absolute Gasteiger partial charge is 0.480 e. The predicted molar refractivity (Wildman–Crippen MR) is 42.5 cm³/mol. The summed E-state index contributed by atoms with van der Waals surface area (Å²) in [7, 11) is 0. The molecule has 0 aromatic rings. The van der Waals surface area contributed by atoms with E-state index in [4.69, 9.17) is 5.11 Å². The summed E-state index contributed by atoms with van der Waals surface area (Å²) < 4.78 is 0. The van der Waals surface area contributed by atoms with Crippen LogP contribution in [0.1, 0.15) is 13.3 Å². The number of carboxylic acids is 1. The molecule has 0 heterocycles. The summed E-state index contributed by atoms with van der Waals surface area (Å²) in [6, 6.07) is 0. The minimum Gasteiger partial charge on any atom is -0.480 e. The van der Waals surface area contributed by atoms with Crippen LogP contribution in [0, 0.1) is 0 Å². The number of carboxylic acid groups (broad SMARTS) is 1. The predicted octanol–water partition coefficient (Wildman–Crippen LogP) is 1.63. The van der Waals surface area contributed by atoms with Crippen molar-refractivity contribution in [3.8, 4) is 0 Å². The molecule has 0 radical (unpaired) electrons. The van der Waals surface area contributed by atoms with Gasteiger partial charge in [-0.05, 0) is 12.7 Å². The molecule has 0 aliphatic rings. The summed E-state index contributed by atoms with van der Waals surface area (Å²) in [4.78, 5) is 10.1. The zero-order chi connectivity index (χ0) is 6.57. The minimum absolute atomic E-state index is 0. The Balaban J connectivity index is 0. The van der Waals surface area contributed by atoms with Crippen LogP contribution in [0.5, 0.6) is 0 Å². The van der Waals surface area contributed by atoms with Crippen LogP contribution in [0.2, 0.25) is 0 Å². The first kappa shape index (κ1) is 11.9. The summed E-state index contributed by atoms with van der Waals surface area (Å²) in [5, 5.41) is 8.14. The fourth-order valence-electron chi connectivity index (χ4n) is 0.442. The molecule has 0 aromatic carbocycles. The Kier molecular flexibility index (Phi) is 8.21. The average molecular weight is 171 g/mol. The van der Waals surface area contributed by atoms with Gasteiger partial charge in [0.1, 0.15) is 5.25 Å². The SMILES string of the molecule is CCC(SC)C(=O)O.Cl. The van der Waals surface area contributed by atoms with E-state index < -0.39 is 5.97 Å². The van der Waals surface area contributed by atoms with Crippen molar-refractivity contribution >= 4 is 30.1 Å². The lowest BCUT2D eigenvalue weighted by Gasteiger charge is -2.02. The maximum atomic E-state index is 10.1. The van der Waals surface area contributed by atoms with Gasteiger partial charge in [-0.15, -0.1) is 12.4 Å². The molecular formula is C5H11ClO2S. The Morgan fingerprint density at radius 3 is 2.22 bits per heavy atom. The van der Waals surface area contributed by atoms with Gasteiger partial charge in [0.05, 0.1) is 0 Å². The molecule has 0 aliphatic carbocycles. The number of hydrogen-bond donors (Lipinski definition) is 1. The van der Waals surface area contributed by atoms with Crippen molar-refractivity contribution in [1.82, 2.24) is 0 Å². The lowest BCUT2D eigenvalue weighted by molar-refractivity contribution is -0.136. The highest BCUT2D eigenvalue weighted by atomic mass is 35.5. The molecule has 9 heavy (non-hydrogen) atoms. The van der Waals surface area contributed by atoms with Crippen molar-refractivity contribution < 1.29 is 9.90 Å². The van der Waals surface area contributed by atoms with Crippen molar-refractivity contribution in [2.45, 2.75) is 18.6 Å². The van der Waals surface area contributed by atoms with Crippen LogP contribution < -0.4 is 0 Å². The second-order valence-electron chi connectivity index (χ2n) is 1.47. The highest BCUT2D eigenvalue weighted by Crippen LogP contribution is 2.09. The summed E-state index contributed by atoms with van der Waals surface area (Å²) in [5.74, 6) is -0.708. The van der Waals surface area contributed by atoms with Gasteiger partial charge in [0.25, 0.3) is 0 Å². The zero-order valence-corrected chi connectivity index (χ0v) is 7.09. The maximum Gasteiger partial charge on any atom is 0.316 e. The van der Waals surface area contributed by atoms with E-state index >= 15 is 0 Å². The van der Waals surface area contributed by atoms with Gasteiger partial charge in [0, 0.05) is 0 Å². The molecule has 0 rings (SSSR count). The highest BCUT2D eigenvalue weighted by molar-refractivity contribution is 7.99. The number of rotatable bonds is 3. The number of carbonyl (C=O) groups is 1. The van der Waals surface area contributed by atoms with Crippen molar-refractivity contribution in [2.75, 3.05) is 6.26 Å². The van der Waals surface area contributed by atoms with Gasteiger partial charge in [-0.3, -0.25) is 4.79 Å². The van der Waals surface area contributed by atoms with Gasteiger partial charge in [0.2, 0.25) is 0 Å². The lowest BCUT2D eigenvalue weighted by Crippen LogP contribution is -2.13. The molecule has 0 fully saturated rings. The third-order valence-electron chi connectivity index (χ3n) is 0.931. The summed E-state index contributed by atoms with van der Waals surface area (Å²) in [6.45, 7) is 1.87. The molecule has 1 N–H and O–H groups in total. The Morgan fingerprint density at radius 1 is 1.78 bits per heavy atom. The first-order valence-corrected chi connectivity index (χ1v) is 3.76. The summed E-state index contributed by atoms with van der Waals surface area (Å²) >= 11 is 1.38. The van der Waals surface area contributed by atoms with Crippen molar-refractivity contribution in [3.05, 3.63) is 0 Å². The molecular weight excluding hydrogens is 160 g/mol. The fourth-order valence-corrected chi connectivity index (χ4v) is 0.977. The first-order chi connectivity index (χ1) is 3.72. The quantitative estimate of drug-likeness (QED) is 0.700. The molecule has 0 saturated heterocycles. The number of hydrogen-bond acceptors (Lipinski definition) is 2. The smallest absolute Gasteiger partial charge is 0.316 e. The standard InChI is InChI=1S/C5H10O2S.ClH/c1-3-4(8-2)5(6)7;/h4H,3H2,1-2H3,(H,6,7);1H. The number of thioether (sulfide) groups is 1. The van der Waals surface area contributed by atoms with Gasteiger partial charge in [0.15, 0.2) is 0 Å². The van der Waals surface area contributed by atoms with Crippen LogP contribution in [0.3, 0.4) is 0 Å². The first-order valence-electron chi connectivity index (χ1n) is 2.48. The number of halogens is 1. The summed E-state index contributed by atoms with van der Waals surface area (Å²) in [5.41, 5.74) is 0. The molecule has 0 saturated carbocycles. The molecule has 2 nitrogen and oxygen atoms in total. The average Bonchev–Trinajstić information content (AvgIpc) is 1.69. The molecule has 1 unspecified atom stereocenters. The van der Waals surface area contributed by atoms with E-state index in [-0.39, 0.29) is 17.7 Å². The van der Waals surface area contributed by atoms with Gasteiger partial charge >= 0.3 is 5.97 Å². The van der Waals surface area contributed by atoms with E-state index in [9.17, 15) is 4.79 Å². The molecule has 0 aliphatic heterocycles. The van der Waals surface area contributed by atoms with Crippen molar-refractivity contribution in [2.24, 2.45) is 0 Å². The second kappa shape index (κ2) is 6.23. The van der Waals surface area contributed by atoms with E-state index in [2.05, 4.69) is 0 Å². The van der Waals surface area contributed by atoms with E-state index in [1.54, 1.807) is 0 Å². The Bertz CT molecular complexity index is 83.0. The van der Waals surface area contributed by atoms with E-state index in [1.165, 1.54) is 11.8 Å². The second-order valence-corrected chi connectivity index (χ2v) is 2.51. The third kappa shape index (κ3) is 4.60. The fraction of sp³-hybridized carbons (Fsp3) is 0.800. The molecule has 56 valence electrons. The minimum atomic E-state index is -0.708. The topological polar surface area (TPSA) is 37.3 Å². The van der Waals surface area contributed by atoms with Crippen LogP contribution in [0.4, 0.5) is 0 Å². The Morgan fingerprint density at radius 2 is 2.22 bits per heavy atom. The van der Waals surface area contributed by atoms with E-state index in [1.807, 2.05) is 13.2 Å². The molecule has 0 bridgehead atoms. The summed E-state index contributed by atoms with van der Waals surface area (Å²) in [6.07, 6.45) is 2.51. The zero-order valence-electron chi connectivity index (χ0n) is 5.46.